The maximum atomic E-state index is 13.6. The van der Waals surface area contributed by atoms with Crippen molar-refractivity contribution in [2.45, 2.75) is 25.7 Å². The van der Waals surface area contributed by atoms with E-state index in [0.717, 1.165) is 37.8 Å². The van der Waals surface area contributed by atoms with Crippen molar-refractivity contribution in [3.05, 3.63) is 23.5 Å². The van der Waals surface area contributed by atoms with E-state index in [0.29, 0.717) is 12.2 Å². The van der Waals surface area contributed by atoms with Crippen LogP contribution in [0.5, 0.6) is 0 Å². The topological polar surface area (TPSA) is 95.6 Å². The minimum absolute atomic E-state index is 0.0790. The van der Waals surface area contributed by atoms with Crippen molar-refractivity contribution in [3.8, 4) is 0 Å². The lowest BCUT2D eigenvalue weighted by Crippen LogP contribution is -2.30. The van der Waals surface area contributed by atoms with Crippen LogP contribution in [0.25, 0.3) is 0 Å². The average molecular weight is 282 g/mol. The number of aliphatic hydroxyl groups is 1. The first-order valence-corrected chi connectivity index (χ1v) is 6.64. The molecule has 0 heterocycles. The van der Waals surface area contributed by atoms with Crippen LogP contribution in [-0.4, -0.2) is 29.3 Å². The summed E-state index contributed by atoms with van der Waals surface area (Å²) in [6.07, 6.45) is 3.99. The summed E-state index contributed by atoms with van der Waals surface area (Å²) < 4.78 is 13.6. The van der Waals surface area contributed by atoms with Gasteiger partial charge < -0.3 is 21.3 Å². The Morgan fingerprint density at radius 1 is 1.40 bits per heavy atom. The van der Waals surface area contributed by atoms with Gasteiger partial charge in [-0.2, -0.15) is 0 Å². The van der Waals surface area contributed by atoms with E-state index >= 15 is 0 Å². The van der Waals surface area contributed by atoms with E-state index < -0.39 is 17.3 Å². The predicted molar refractivity (Wildman–Crippen MR) is 74.2 cm³/mol. The summed E-state index contributed by atoms with van der Waals surface area (Å²) in [7, 11) is 0. The smallest absolute Gasteiger partial charge is 0.338 e. The molecule has 0 atom stereocenters. The number of hydrogen-bond donors (Lipinski definition) is 4. The van der Waals surface area contributed by atoms with Gasteiger partial charge in [0.05, 0.1) is 23.5 Å². The van der Waals surface area contributed by atoms with Gasteiger partial charge in [0.25, 0.3) is 0 Å². The highest BCUT2D eigenvalue weighted by Gasteiger charge is 2.33. The number of carboxylic acids is 1. The summed E-state index contributed by atoms with van der Waals surface area (Å²) in [5.74, 6) is -2.16. The molecule has 0 amide bonds. The SMILES string of the molecule is Nc1cc(C(=O)O)c(F)cc1NCC1(CO)CCCC1. The Bertz CT molecular complexity index is 513. The van der Waals surface area contributed by atoms with Crippen LogP contribution in [0.15, 0.2) is 12.1 Å². The fraction of sp³-hybridized carbons (Fsp3) is 0.500. The lowest BCUT2D eigenvalue weighted by molar-refractivity contribution is 0.0692. The van der Waals surface area contributed by atoms with Crippen LogP contribution >= 0.6 is 0 Å². The summed E-state index contributed by atoms with van der Waals surface area (Å²) in [6.45, 7) is 0.579. The molecule has 1 saturated carbocycles. The van der Waals surface area contributed by atoms with E-state index in [1.165, 1.54) is 0 Å². The third-order valence-electron chi connectivity index (χ3n) is 4.02. The van der Waals surface area contributed by atoms with Crippen LogP contribution < -0.4 is 11.1 Å². The highest BCUT2D eigenvalue weighted by atomic mass is 19.1. The molecule has 1 aromatic carbocycles. The Kier molecular flexibility index (Phi) is 4.13. The van der Waals surface area contributed by atoms with Crippen LogP contribution in [0.3, 0.4) is 0 Å². The number of rotatable bonds is 5. The Balaban J connectivity index is 2.14. The second-order valence-electron chi connectivity index (χ2n) is 5.44. The van der Waals surface area contributed by atoms with Gasteiger partial charge in [-0.15, -0.1) is 0 Å². The molecule has 20 heavy (non-hydrogen) atoms. The highest BCUT2D eigenvalue weighted by molar-refractivity contribution is 5.90. The molecule has 0 saturated heterocycles. The summed E-state index contributed by atoms with van der Waals surface area (Å²) in [5.41, 5.74) is 5.67. The number of aromatic carboxylic acids is 1. The Morgan fingerprint density at radius 2 is 2.05 bits per heavy atom. The molecule has 0 unspecified atom stereocenters. The molecule has 1 aliphatic carbocycles. The van der Waals surface area contributed by atoms with Gasteiger partial charge in [-0.1, -0.05) is 12.8 Å². The van der Waals surface area contributed by atoms with E-state index in [2.05, 4.69) is 5.32 Å². The molecule has 0 aliphatic heterocycles. The zero-order valence-corrected chi connectivity index (χ0v) is 11.2. The first kappa shape index (κ1) is 14.6. The summed E-state index contributed by atoms with van der Waals surface area (Å²) in [4.78, 5) is 10.8. The van der Waals surface area contributed by atoms with Crippen molar-refractivity contribution in [1.82, 2.24) is 0 Å². The normalized spacial score (nSPS) is 17.1. The van der Waals surface area contributed by atoms with Crippen molar-refractivity contribution in [1.29, 1.82) is 0 Å². The number of nitrogens with one attached hydrogen (secondary N) is 1. The number of carbonyl (C=O) groups is 1. The van der Waals surface area contributed by atoms with Gasteiger partial charge in [0, 0.05) is 12.0 Å². The molecule has 5 N–H and O–H groups in total. The van der Waals surface area contributed by atoms with Gasteiger partial charge in [-0.25, -0.2) is 9.18 Å². The Morgan fingerprint density at radius 3 is 2.60 bits per heavy atom. The third kappa shape index (κ3) is 2.85. The van der Waals surface area contributed by atoms with E-state index in [1.807, 2.05) is 0 Å². The van der Waals surface area contributed by atoms with Gasteiger partial charge >= 0.3 is 5.97 Å². The van der Waals surface area contributed by atoms with Crippen LogP contribution in [0.2, 0.25) is 0 Å². The first-order valence-electron chi connectivity index (χ1n) is 6.64. The maximum absolute atomic E-state index is 13.6. The van der Waals surface area contributed by atoms with Gasteiger partial charge in [0.2, 0.25) is 0 Å². The van der Waals surface area contributed by atoms with Gasteiger partial charge in [-0.05, 0) is 25.0 Å². The quantitative estimate of drug-likeness (QED) is 0.620. The molecule has 1 aromatic rings. The van der Waals surface area contributed by atoms with Crippen LogP contribution in [0.4, 0.5) is 15.8 Å². The van der Waals surface area contributed by atoms with E-state index in [1.54, 1.807) is 0 Å². The van der Waals surface area contributed by atoms with Gasteiger partial charge in [0.15, 0.2) is 0 Å². The second-order valence-corrected chi connectivity index (χ2v) is 5.44. The zero-order chi connectivity index (χ0) is 14.8. The van der Waals surface area contributed by atoms with E-state index in [4.69, 9.17) is 10.8 Å². The number of anilines is 2. The number of aliphatic hydroxyl groups excluding tert-OH is 1. The van der Waals surface area contributed by atoms with Crippen molar-refractivity contribution in [2.24, 2.45) is 5.41 Å². The number of nitrogens with two attached hydrogens (primary N) is 1. The molecule has 0 radical (unpaired) electrons. The van der Waals surface area contributed by atoms with Crippen molar-refractivity contribution in [2.75, 3.05) is 24.2 Å². The molecule has 1 fully saturated rings. The van der Waals surface area contributed by atoms with E-state index in [9.17, 15) is 14.3 Å². The number of benzene rings is 1. The molecule has 2 rings (SSSR count). The van der Waals surface area contributed by atoms with Crippen LogP contribution in [0, 0.1) is 11.2 Å². The molecular formula is C14H19FN2O3. The molecule has 0 bridgehead atoms. The maximum Gasteiger partial charge on any atom is 0.338 e. The van der Waals surface area contributed by atoms with Crippen molar-refractivity contribution >= 4 is 17.3 Å². The lowest BCUT2D eigenvalue weighted by atomic mass is 9.87. The van der Waals surface area contributed by atoms with Crippen LogP contribution in [0.1, 0.15) is 36.0 Å². The molecule has 1 aliphatic rings. The number of halogens is 1. The monoisotopic (exact) mass is 282 g/mol. The first-order chi connectivity index (χ1) is 9.47. The Hall–Kier alpha value is -1.82. The predicted octanol–water partition coefficient (Wildman–Crippen LogP) is 2.07. The molecule has 6 heteroatoms. The number of hydrogen-bond acceptors (Lipinski definition) is 4. The van der Waals surface area contributed by atoms with Crippen molar-refractivity contribution in [3.63, 3.8) is 0 Å². The Labute approximate surface area is 116 Å². The highest BCUT2D eigenvalue weighted by Crippen LogP contribution is 2.38. The molecule has 5 nitrogen and oxygen atoms in total. The minimum Gasteiger partial charge on any atom is -0.478 e. The fourth-order valence-corrected chi connectivity index (χ4v) is 2.71. The number of nitrogen functional groups attached to an aromatic ring is 1. The van der Waals surface area contributed by atoms with Crippen LogP contribution in [-0.2, 0) is 0 Å². The molecule has 110 valence electrons. The van der Waals surface area contributed by atoms with Gasteiger partial charge in [-0.3, -0.25) is 0 Å². The summed E-state index contributed by atoms with van der Waals surface area (Å²) in [6, 6.07) is 2.21. The molecule has 0 aromatic heterocycles. The average Bonchev–Trinajstić information content (AvgIpc) is 2.88. The molecule has 0 spiro atoms. The lowest BCUT2D eigenvalue weighted by Gasteiger charge is -2.27. The standard InChI is InChI=1S/C14H19FN2O3/c15-10-6-12(11(16)5-9(10)13(19)20)17-7-14(8-18)3-1-2-4-14/h5-6,17-18H,1-4,7-8,16H2,(H,19,20). The molecular weight excluding hydrogens is 263 g/mol. The third-order valence-corrected chi connectivity index (χ3v) is 4.02. The van der Waals surface area contributed by atoms with Crippen molar-refractivity contribution < 1.29 is 19.4 Å². The van der Waals surface area contributed by atoms with E-state index in [-0.39, 0.29) is 17.7 Å². The zero-order valence-electron chi connectivity index (χ0n) is 11.2. The summed E-state index contributed by atoms with van der Waals surface area (Å²) in [5, 5.41) is 21.4. The largest absolute Gasteiger partial charge is 0.478 e. The second kappa shape index (κ2) is 5.66. The van der Waals surface area contributed by atoms with Gasteiger partial charge in [0.1, 0.15) is 5.82 Å². The summed E-state index contributed by atoms with van der Waals surface area (Å²) >= 11 is 0. The fourth-order valence-electron chi connectivity index (χ4n) is 2.71. The minimum atomic E-state index is -1.34. The number of carboxylic acid groups (broad SMARTS) is 1.